The maximum Gasteiger partial charge on any atom is 0.339 e. The number of carbonyl (C=O) groups excluding carboxylic acids is 1. The molecule has 0 unspecified atom stereocenters. The molecule has 0 aliphatic carbocycles. The van der Waals surface area contributed by atoms with Crippen molar-refractivity contribution in [2.75, 3.05) is 11.4 Å². The smallest absolute Gasteiger partial charge is 0.339 e. The van der Waals surface area contributed by atoms with Crippen LogP contribution in [0.1, 0.15) is 24.3 Å². The van der Waals surface area contributed by atoms with Crippen molar-refractivity contribution in [3.05, 3.63) is 53.9 Å². The number of amides is 1. The van der Waals surface area contributed by atoms with Crippen LogP contribution in [0.5, 0.6) is 5.75 Å². The second kappa shape index (κ2) is 7.32. The van der Waals surface area contributed by atoms with Crippen molar-refractivity contribution in [3.8, 4) is 17.1 Å². The predicted molar refractivity (Wildman–Crippen MR) is 105 cm³/mol. The highest BCUT2D eigenvalue weighted by Crippen LogP contribution is 2.28. The average molecular weight is 413 g/mol. The highest BCUT2D eigenvalue weighted by molar-refractivity contribution is 7.87. The lowest BCUT2D eigenvalue weighted by atomic mass is 10.2. The highest BCUT2D eigenvalue weighted by Gasteiger charge is 2.24. The molecule has 4 rings (SSSR count). The summed E-state index contributed by atoms with van der Waals surface area (Å²) >= 11 is 0. The molecule has 1 fully saturated rings. The van der Waals surface area contributed by atoms with Crippen LogP contribution in [0.2, 0.25) is 0 Å². The molecule has 2 aromatic carbocycles. The molecular formula is C20H19N3O5S. The zero-order valence-corrected chi connectivity index (χ0v) is 16.8. The van der Waals surface area contributed by atoms with Gasteiger partial charge in [-0.3, -0.25) is 4.79 Å². The Kier molecular flexibility index (Phi) is 4.83. The third-order valence-electron chi connectivity index (χ3n) is 4.66. The van der Waals surface area contributed by atoms with E-state index in [1.54, 1.807) is 43.0 Å². The summed E-state index contributed by atoms with van der Waals surface area (Å²) in [6, 6.07) is 11.2. The Balaban J connectivity index is 1.55. The van der Waals surface area contributed by atoms with Gasteiger partial charge in [-0.25, -0.2) is 0 Å². The molecule has 0 atom stereocenters. The second-order valence-corrected chi connectivity index (χ2v) is 8.31. The second-order valence-electron chi connectivity index (χ2n) is 6.80. The van der Waals surface area contributed by atoms with Crippen LogP contribution in [0.25, 0.3) is 11.4 Å². The van der Waals surface area contributed by atoms with Crippen molar-refractivity contribution in [3.63, 3.8) is 0 Å². The lowest BCUT2D eigenvalue weighted by Crippen LogP contribution is -2.24. The van der Waals surface area contributed by atoms with E-state index in [4.69, 9.17) is 8.71 Å². The van der Waals surface area contributed by atoms with Crippen molar-refractivity contribution in [1.29, 1.82) is 0 Å². The molecule has 150 valence electrons. The number of anilines is 1. The summed E-state index contributed by atoms with van der Waals surface area (Å²) in [5.74, 6) is 1.08. The molecule has 0 N–H and O–H groups in total. The van der Waals surface area contributed by atoms with Gasteiger partial charge in [-0.15, -0.1) is 0 Å². The van der Waals surface area contributed by atoms with Gasteiger partial charge in [0.2, 0.25) is 17.6 Å². The standard InChI is InChI=1S/C20H19N3O5S/c1-13-12-16(23-11-3-4-19(23)24)7-10-18(13)29(25,26)28-17-8-5-15(6-9-17)20-21-14(2)27-22-20/h5-10,12H,3-4,11H2,1-2H3. The zero-order chi connectivity index (χ0) is 20.6. The fraction of sp³-hybridized carbons (Fsp3) is 0.250. The fourth-order valence-electron chi connectivity index (χ4n) is 3.25. The molecule has 9 heteroatoms. The van der Waals surface area contributed by atoms with Crippen molar-refractivity contribution >= 4 is 21.7 Å². The number of hydrogen-bond acceptors (Lipinski definition) is 7. The summed E-state index contributed by atoms with van der Waals surface area (Å²) in [5, 5.41) is 3.82. The van der Waals surface area contributed by atoms with Crippen LogP contribution in [0.15, 0.2) is 51.9 Å². The summed E-state index contributed by atoms with van der Waals surface area (Å²) < 4.78 is 35.7. The lowest BCUT2D eigenvalue weighted by Gasteiger charge is -2.17. The fourth-order valence-corrected chi connectivity index (χ4v) is 4.39. The van der Waals surface area contributed by atoms with Crippen LogP contribution >= 0.6 is 0 Å². The van der Waals surface area contributed by atoms with E-state index < -0.39 is 10.1 Å². The van der Waals surface area contributed by atoms with Crippen LogP contribution in [0.4, 0.5) is 5.69 Å². The number of nitrogens with zero attached hydrogens (tertiary/aromatic N) is 3. The van der Waals surface area contributed by atoms with Gasteiger partial charge in [0.25, 0.3) is 0 Å². The van der Waals surface area contributed by atoms with E-state index in [9.17, 15) is 13.2 Å². The lowest BCUT2D eigenvalue weighted by molar-refractivity contribution is -0.117. The van der Waals surface area contributed by atoms with Crippen molar-refractivity contribution in [1.82, 2.24) is 10.1 Å². The molecule has 0 radical (unpaired) electrons. The zero-order valence-electron chi connectivity index (χ0n) is 16.0. The first-order chi connectivity index (χ1) is 13.8. The van der Waals surface area contributed by atoms with Crippen molar-refractivity contribution < 1.29 is 21.9 Å². The van der Waals surface area contributed by atoms with Gasteiger partial charge in [-0.1, -0.05) is 5.16 Å². The molecule has 8 nitrogen and oxygen atoms in total. The van der Waals surface area contributed by atoms with Gasteiger partial charge in [-0.2, -0.15) is 13.4 Å². The molecule has 1 saturated heterocycles. The first-order valence-corrected chi connectivity index (χ1v) is 10.5. The summed E-state index contributed by atoms with van der Waals surface area (Å²) in [4.78, 5) is 17.8. The van der Waals surface area contributed by atoms with Crippen LogP contribution < -0.4 is 9.08 Å². The maximum absolute atomic E-state index is 12.7. The largest absolute Gasteiger partial charge is 0.379 e. The third kappa shape index (κ3) is 3.86. The molecule has 2 heterocycles. The summed E-state index contributed by atoms with van der Waals surface area (Å²) in [6.07, 6.45) is 1.32. The minimum Gasteiger partial charge on any atom is -0.379 e. The molecule has 1 amide bonds. The normalized spacial score (nSPS) is 14.4. The number of rotatable bonds is 5. The molecule has 3 aromatic rings. The molecule has 1 aliphatic rings. The van der Waals surface area contributed by atoms with E-state index >= 15 is 0 Å². The molecule has 1 aliphatic heterocycles. The molecular weight excluding hydrogens is 394 g/mol. The number of carbonyl (C=O) groups is 1. The Hall–Kier alpha value is -3.20. The minimum absolute atomic E-state index is 0.0492. The van der Waals surface area contributed by atoms with E-state index in [0.29, 0.717) is 41.5 Å². The molecule has 0 bridgehead atoms. The molecule has 0 spiro atoms. The van der Waals surface area contributed by atoms with Crippen LogP contribution in [0, 0.1) is 13.8 Å². The first kappa shape index (κ1) is 19.1. The van der Waals surface area contributed by atoms with Crippen molar-refractivity contribution in [2.24, 2.45) is 0 Å². The topological polar surface area (TPSA) is 103 Å². The predicted octanol–water partition coefficient (Wildman–Crippen LogP) is 3.25. The number of aryl methyl sites for hydroxylation is 2. The Morgan fingerprint density at radius 1 is 1.10 bits per heavy atom. The maximum atomic E-state index is 12.7. The summed E-state index contributed by atoms with van der Waals surface area (Å²) in [6.45, 7) is 4.02. The van der Waals surface area contributed by atoms with Crippen LogP contribution in [-0.4, -0.2) is 31.0 Å². The SMILES string of the molecule is Cc1nc(-c2ccc(OS(=O)(=O)c3ccc(N4CCCC4=O)cc3C)cc2)no1. The van der Waals surface area contributed by atoms with E-state index in [-0.39, 0.29) is 16.6 Å². The highest BCUT2D eigenvalue weighted by atomic mass is 32.2. The Morgan fingerprint density at radius 3 is 2.45 bits per heavy atom. The summed E-state index contributed by atoms with van der Waals surface area (Å²) in [5.41, 5.74) is 1.90. The van der Waals surface area contributed by atoms with E-state index in [0.717, 1.165) is 6.42 Å². The van der Waals surface area contributed by atoms with E-state index in [2.05, 4.69) is 10.1 Å². The molecule has 29 heavy (non-hydrogen) atoms. The van der Waals surface area contributed by atoms with E-state index in [1.165, 1.54) is 18.2 Å². The van der Waals surface area contributed by atoms with Gasteiger partial charge in [-0.05, 0) is 61.4 Å². The average Bonchev–Trinajstić information content (AvgIpc) is 3.30. The molecule has 0 saturated carbocycles. The monoisotopic (exact) mass is 413 g/mol. The number of benzene rings is 2. The van der Waals surface area contributed by atoms with E-state index in [1.807, 2.05) is 0 Å². The Morgan fingerprint density at radius 2 is 1.86 bits per heavy atom. The van der Waals surface area contributed by atoms with Gasteiger partial charge >= 0.3 is 10.1 Å². The van der Waals surface area contributed by atoms with Crippen LogP contribution in [-0.2, 0) is 14.9 Å². The Bertz CT molecular complexity index is 1170. The number of hydrogen-bond donors (Lipinski definition) is 0. The third-order valence-corrected chi connectivity index (χ3v) is 6.07. The van der Waals surface area contributed by atoms with Gasteiger partial charge < -0.3 is 13.6 Å². The van der Waals surface area contributed by atoms with Crippen molar-refractivity contribution in [2.45, 2.75) is 31.6 Å². The first-order valence-electron chi connectivity index (χ1n) is 9.10. The van der Waals surface area contributed by atoms with Gasteiger partial charge in [0.1, 0.15) is 10.6 Å². The number of aromatic nitrogens is 2. The van der Waals surface area contributed by atoms with Crippen LogP contribution in [0.3, 0.4) is 0 Å². The Labute approximate surface area is 168 Å². The summed E-state index contributed by atoms with van der Waals surface area (Å²) in [7, 11) is -4.02. The van der Waals surface area contributed by atoms with Gasteiger partial charge in [0.15, 0.2) is 0 Å². The quantitative estimate of drug-likeness (QED) is 0.592. The minimum atomic E-state index is -4.02. The van der Waals surface area contributed by atoms with Gasteiger partial charge in [0.05, 0.1) is 0 Å². The van der Waals surface area contributed by atoms with Gasteiger partial charge in [0, 0.05) is 31.1 Å². The molecule has 1 aromatic heterocycles.